The fraction of sp³-hybridized carbons (Fsp3) is 0.818. The number of rotatable bonds is 18. The Balaban J connectivity index is 3.94. The molecule has 0 bridgehead atoms. The van der Waals surface area contributed by atoms with Crippen molar-refractivity contribution in [1.29, 1.82) is 0 Å². The molecule has 0 radical (unpaired) electrons. The molecule has 0 aromatic carbocycles. The number of nitrogens with zero attached hydrogens (tertiary/aromatic N) is 1. The highest BCUT2D eigenvalue weighted by Crippen LogP contribution is 2.09. The van der Waals surface area contributed by atoms with E-state index in [2.05, 4.69) is 38.2 Å². The second-order valence-corrected chi connectivity index (χ2v) is 7.12. The Hall–Kier alpha value is -0.680. The molecule has 3 N–H and O–H groups in total. The molecule has 0 aliphatic rings. The van der Waals surface area contributed by atoms with E-state index >= 15 is 0 Å². The highest BCUT2D eigenvalue weighted by molar-refractivity contribution is 4.80. The molecule has 0 fully saturated rings. The quantitative estimate of drug-likeness (QED) is 0.252. The zero-order chi connectivity index (χ0) is 19.5. The van der Waals surface area contributed by atoms with Gasteiger partial charge >= 0.3 is 0 Å². The van der Waals surface area contributed by atoms with Crippen LogP contribution < -0.4 is 0 Å². The van der Waals surface area contributed by atoms with E-state index in [-0.39, 0.29) is 18.8 Å². The third-order valence-electron chi connectivity index (χ3n) is 4.48. The maximum Gasteiger partial charge on any atom is 0.0667 e. The second-order valence-electron chi connectivity index (χ2n) is 7.12. The van der Waals surface area contributed by atoms with Crippen molar-refractivity contribution in [2.45, 2.75) is 90.3 Å². The van der Waals surface area contributed by atoms with Gasteiger partial charge in [0.2, 0.25) is 0 Å². The first kappa shape index (κ1) is 25.3. The van der Waals surface area contributed by atoms with E-state index in [0.29, 0.717) is 19.6 Å². The molecule has 0 rings (SSSR count). The van der Waals surface area contributed by atoms with Crippen LogP contribution in [0.4, 0.5) is 0 Å². The summed E-state index contributed by atoms with van der Waals surface area (Å²) in [6, 6.07) is 0. The maximum absolute atomic E-state index is 10.2. The van der Waals surface area contributed by atoms with E-state index < -0.39 is 0 Å². The van der Waals surface area contributed by atoms with Crippen LogP contribution in [0.1, 0.15) is 78.1 Å². The SMILES string of the molecule is CC/C=C/CCCCC(O)CN(CCO)CC(O)CCCC/C=C/CC. The van der Waals surface area contributed by atoms with Crippen LogP contribution in [0.5, 0.6) is 0 Å². The first-order valence-corrected chi connectivity index (χ1v) is 10.6. The van der Waals surface area contributed by atoms with Crippen molar-refractivity contribution in [2.24, 2.45) is 0 Å². The van der Waals surface area contributed by atoms with Gasteiger partial charge in [-0.05, 0) is 51.4 Å². The summed E-state index contributed by atoms with van der Waals surface area (Å²) in [5.74, 6) is 0. The average molecular weight is 370 g/mol. The van der Waals surface area contributed by atoms with Gasteiger partial charge in [0.05, 0.1) is 18.8 Å². The molecule has 2 unspecified atom stereocenters. The molecule has 154 valence electrons. The van der Waals surface area contributed by atoms with Crippen LogP contribution in [-0.2, 0) is 0 Å². The summed E-state index contributed by atoms with van der Waals surface area (Å²) < 4.78 is 0. The Bertz CT molecular complexity index is 314. The van der Waals surface area contributed by atoms with Crippen LogP contribution in [0.15, 0.2) is 24.3 Å². The van der Waals surface area contributed by atoms with Crippen LogP contribution in [-0.4, -0.2) is 58.7 Å². The van der Waals surface area contributed by atoms with Crippen molar-refractivity contribution in [2.75, 3.05) is 26.2 Å². The van der Waals surface area contributed by atoms with Gasteiger partial charge in [0, 0.05) is 19.6 Å². The summed E-state index contributed by atoms with van der Waals surface area (Å²) in [4.78, 5) is 1.99. The van der Waals surface area contributed by atoms with Gasteiger partial charge in [-0.3, -0.25) is 4.90 Å². The molecular weight excluding hydrogens is 326 g/mol. The van der Waals surface area contributed by atoms with Crippen molar-refractivity contribution in [3.63, 3.8) is 0 Å². The maximum atomic E-state index is 10.2. The van der Waals surface area contributed by atoms with Crippen LogP contribution in [0.2, 0.25) is 0 Å². The monoisotopic (exact) mass is 369 g/mol. The molecule has 0 saturated carbocycles. The fourth-order valence-electron chi connectivity index (χ4n) is 3.03. The molecule has 0 aromatic rings. The number of hydrogen-bond donors (Lipinski definition) is 3. The molecule has 0 saturated heterocycles. The first-order chi connectivity index (χ1) is 12.6. The average Bonchev–Trinajstić information content (AvgIpc) is 2.61. The number of aliphatic hydroxyl groups excluding tert-OH is 3. The number of allylic oxidation sites excluding steroid dienone is 4. The summed E-state index contributed by atoms with van der Waals surface area (Å²) in [5, 5.41) is 29.7. The molecule has 0 aliphatic carbocycles. The fourth-order valence-corrected chi connectivity index (χ4v) is 3.03. The zero-order valence-electron chi connectivity index (χ0n) is 17.2. The van der Waals surface area contributed by atoms with Gasteiger partial charge in [-0.2, -0.15) is 0 Å². The van der Waals surface area contributed by atoms with E-state index in [1.807, 2.05) is 4.90 Å². The van der Waals surface area contributed by atoms with Gasteiger partial charge in [0.1, 0.15) is 0 Å². The third-order valence-corrected chi connectivity index (χ3v) is 4.48. The summed E-state index contributed by atoms with van der Waals surface area (Å²) >= 11 is 0. The minimum absolute atomic E-state index is 0.0586. The van der Waals surface area contributed by atoms with E-state index in [0.717, 1.165) is 64.2 Å². The van der Waals surface area contributed by atoms with Crippen molar-refractivity contribution < 1.29 is 15.3 Å². The normalized spacial score (nSPS) is 14.7. The van der Waals surface area contributed by atoms with Gasteiger partial charge in [-0.25, -0.2) is 0 Å². The minimum Gasteiger partial charge on any atom is -0.395 e. The molecule has 0 amide bonds. The Morgan fingerprint density at radius 2 is 1.19 bits per heavy atom. The highest BCUT2D eigenvalue weighted by atomic mass is 16.3. The largest absolute Gasteiger partial charge is 0.395 e. The molecule has 4 heteroatoms. The highest BCUT2D eigenvalue weighted by Gasteiger charge is 2.15. The molecule has 0 aliphatic heterocycles. The van der Waals surface area contributed by atoms with Gasteiger partial charge in [-0.15, -0.1) is 0 Å². The third kappa shape index (κ3) is 16.8. The van der Waals surface area contributed by atoms with Crippen molar-refractivity contribution in [3.8, 4) is 0 Å². The molecule has 26 heavy (non-hydrogen) atoms. The van der Waals surface area contributed by atoms with Gasteiger partial charge in [0.25, 0.3) is 0 Å². The second kappa shape index (κ2) is 19.1. The lowest BCUT2D eigenvalue weighted by Crippen LogP contribution is -2.39. The first-order valence-electron chi connectivity index (χ1n) is 10.6. The lowest BCUT2D eigenvalue weighted by Gasteiger charge is -2.26. The number of hydrogen-bond acceptors (Lipinski definition) is 4. The van der Waals surface area contributed by atoms with Gasteiger partial charge in [0.15, 0.2) is 0 Å². The van der Waals surface area contributed by atoms with Gasteiger partial charge < -0.3 is 15.3 Å². The summed E-state index contributed by atoms with van der Waals surface area (Å²) in [7, 11) is 0. The molecule has 4 nitrogen and oxygen atoms in total. The van der Waals surface area contributed by atoms with E-state index in [4.69, 9.17) is 0 Å². The lowest BCUT2D eigenvalue weighted by atomic mass is 10.1. The van der Waals surface area contributed by atoms with Crippen LogP contribution in [0, 0.1) is 0 Å². The Labute approximate surface area is 161 Å². The van der Waals surface area contributed by atoms with Gasteiger partial charge in [-0.1, -0.05) is 51.0 Å². The van der Waals surface area contributed by atoms with Crippen molar-refractivity contribution >= 4 is 0 Å². The molecule has 0 spiro atoms. The summed E-state index contributed by atoms with van der Waals surface area (Å²) in [6.45, 7) is 5.89. The summed E-state index contributed by atoms with van der Waals surface area (Å²) in [5.41, 5.74) is 0. The molecule has 0 heterocycles. The zero-order valence-corrected chi connectivity index (χ0v) is 17.2. The van der Waals surface area contributed by atoms with Crippen molar-refractivity contribution in [1.82, 2.24) is 4.90 Å². The van der Waals surface area contributed by atoms with E-state index in [1.165, 1.54) is 0 Å². The Morgan fingerprint density at radius 1 is 0.731 bits per heavy atom. The standard InChI is InChI=1S/C22H43NO3/c1-3-5-7-9-11-13-15-21(25)19-23(17-18-24)20-22(26)16-14-12-10-8-6-4-2/h5-8,21-22,24-26H,3-4,9-20H2,1-2H3/b7-5+,8-6+. The van der Waals surface area contributed by atoms with Crippen LogP contribution >= 0.6 is 0 Å². The Morgan fingerprint density at radius 3 is 1.58 bits per heavy atom. The molecule has 0 aromatic heterocycles. The number of aliphatic hydroxyl groups is 3. The Kier molecular flexibility index (Phi) is 18.6. The summed E-state index contributed by atoms with van der Waals surface area (Å²) in [6.07, 6.45) is 18.1. The molecule has 2 atom stereocenters. The van der Waals surface area contributed by atoms with Crippen LogP contribution in [0.3, 0.4) is 0 Å². The van der Waals surface area contributed by atoms with E-state index in [9.17, 15) is 15.3 Å². The van der Waals surface area contributed by atoms with E-state index in [1.54, 1.807) is 0 Å². The topological polar surface area (TPSA) is 63.9 Å². The molecular formula is C22H43NO3. The lowest BCUT2D eigenvalue weighted by molar-refractivity contribution is 0.0521. The number of unbranched alkanes of at least 4 members (excludes halogenated alkanes) is 4. The minimum atomic E-state index is -0.386. The smallest absolute Gasteiger partial charge is 0.0667 e. The van der Waals surface area contributed by atoms with Crippen molar-refractivity contribution in [3.05, 3.63) is 24.3 Å². The predicted molar refractivity (Wildman–Crippen MR) is 111 cm³/mol. The predicted octanol–water partition coefficient (Wildman–Crippen LogP) is 4.06. The van der Waals surface area contributed by atoms with Crippen LogP contribution in [0.25, 0.3) is 0 Å².